The van der Waals surface area contributed by atoms with Crippen LogP contribution in [0.4, 0.5) is 8.78 Å². The zero-order chi connectivity index (χ0) is 31.3. The van der Waals surface area contributed by atoms with Crippen LogP contribution in [0.1, 0.15) is 66.7 Å². The third kappa shape index (κ3) is 5.57. The van der Waals surface area contributed by atoms with Crippen LogP contribution in [-0.2, 0) is 22.4 Å². The van der Waals surface area contributed by atoms with Crippen molar-refractivity contribution < 1.29 is 28.2 Å². The van der Waals surface area contributed by atoms with Gasteiger partial charge in [0, 0.05) is 41.6 Å². The SMILES string of the molecule is Cc1cn2nc(-n3cc(Cc4ccc(F)cc4)cn3)cc2c(-c2cc(F)c3c(c2C)CCCO3)c1[C@H](OC(C)(C)C)C(=O)O. The van der Waals surface area contributed by atoms with Crippen LogP contribution in [0, 0.1) is 25.5 Å². The number of ether oxygens (including phenoxy) is 2. The minimum atomic E-state index is -1.32. The Hall–Kier alpha value is -4.57. The molecule has 0 radical (unpaired) electrons. The first-order valence-corrected chi connectivity index (χ1v) is 14.6. The third-order valence-electron chi connectivity index (χ3n) is 7.84. The van der Waals surface area contributed by atoms with E-state index in [1.54, 1.807) is 54.5 Å². The van der Waals surface area contributed by atoms with Gasteiger partial charge in [-0.1, -0.05) is 12.1 Å². The minimum Gasteiger partial charge on any atom is -0.490 e. The lowest BCUT2D eigenvalue weighted by Gasteiger charge is -2.29. The van der Waals surface area contributed by atoms with Gasteiger partial charge in [0.05, 0.1) is 23.9 Å². The number of aliphatic carboxylic acids is 1. The highest BCUT2D eigenvalue weighted by Crippen LogP contribution is 2.43. The number of fused-ring (bicyclic) bond motifs is 2. The van der Waals surface area contributed by atoms with Crippen LogP contribution >= 0.6 is 0 Å². The first-order valence-electron chi connectivity index (χ1n) is 14.6. The van der Waals surface area contributed by atoms with E-state index in [0.29, 0.717) is 53.0 Å². The summed E-state index contributed by atoms with van der Waals surface area (Å²) >= 11 is 0. The molecule has 44 heavy (non-hydrogen) atoms. The Bertz CT molecular complexity index is 1890. The number of halogens is 2. The Balaban J connectivity index is 1.55. The number of rotatable bonds is 7. The number of aromatic nitrogens is 4. The molecule has 0 unspecified atom stereocenters. The molecule has 8 nitrogen and oxygen atoms in total. The van der Waals surface area contributed by atoms with Gasteiger partial charge in [-0.25, -0.2) is 22.8 Å². The number of carboxylic acids is 1. The maximum atomic E-state index is 15.6. The molecule has 0 bridgehead atoms. The van der Waals surface area contributed by atoms with Gasteiger partial charge in [-0.05, 0) is 93.5 Å². The zero-order valence-electron chi connectivity index (χ0n) is 25.3. The highest BCUT2D eigenvalue weighted by molar-refractivity contribution is 5.91. The van der Waals surface area contributed by atoms with E-state index < -0.39 is 23.5 Å². The van der Waals surface area contributed by atoms with E-state index in [2.05, 4.69) is 5.10 Å². The topological polar surface area (TPSA) is 90.9 Å². The first kappa shape index (κ1) is 29.5. The van der Waals surface area contributed by atoms with Crippen LogP contribution in [0.2, 0.25) is 0 Å². The predicted molar refractivity (Wildman–Crippen MR) is 161 cm³/mol. The molecule has 6 rings (SSSR count). The van der Waals surface area contributed by atoms with E-state index in [9.17, 15) is 14.3 Å². The van der Waals surface area contributed by atoms with Crippen LogP contribution in [0.3, 0.4) is 0 Å². The maximum Gasteiger partial charge on any atom is 0.337 e. The molecule has 1 aliphatic heterocycles. The van der Waals surface area contributed by atoms with Crippen LogP contribution in [0.5, 0.6) is 5.75 Å². The number of hydrogen-bond acceptors (Lipinski definition) is 5. The van der Waals surface area contributed by atoms with Crippen molar-refractivity contribution >= 4 is 11.5 Å². The van der Waals surface area contributed by atoms with Gasteiger partial charge in [0.1, 0.15) is 5.82 Å². The Morgan fingerprint density at radius 2 is 1.86 bits per heavy atom. The standard InChI is InChI=1S/C34H34F2N4O4/c1-19-17-39-27(15-28(38-39)40-18-22(16-37-40)13-21-8-10-23(35)11-9-21)30(29(19)32(33(41)42)44-34(3,4)5)25-14-26(36)31-24(20(25)2)7-6-12-43-31/h8-11,14-18,32H,6-7,12-13H2,1-5H3,(H,41,42)/t32-/m0/s1. The van der Waals surface area contributed by atoms with E-state index in [-0.39, 0.29) is 11.6 Å². The second-order valence-corrected chi connectivity index (χ2v) is 12.3. The Morgan fingerprint density at radius 1 is 1.11 bits per heavy atom. The molecule has 1 aliphatic rings. The smallest absolute Gasteiger partial charge is 0.337 e. The molecule has 1 atom stereocenters. The predicted octanol–water partition coefficient (Wildman–Crippen LogP) is 6.94. The lowest BCUT2D eigenvalue weighted by molar-refractivity contribution is -0.160. The van der Waals surface area contributed by atoms with Crippen LogP contribution in [0.15, 0.2) is 55.0 Å². The van der Waals surface area contributed by atoms with E-state index in [1.165, 1.54) is 18.2 Å². The van der Waals surface area contributed by atoms with E-state index in [0.717, 1.165) is 28.7 Å². The quantitative estimate of drug-likeness (QED) is 0.218. The second-order valence-electron chi connectivity index (χ2n) is 12.3. The third-order valence-corrected chi connectivity index (χ3v) is 7.84. The fourth-order valence-electron chi connectivity index (χ4n) is 5.91. The summed E-state index contributed by atoms with van der Waals surface area (Å²) in [5, 5.41) is 19.7. The average molecular weight is 601 g/mol. The molecule has 1 N–H and O–H groups in total. The number of carboxylic acid groups (broad SMARTS) is 1. The summed E-state index contributed by atoms with van der Waals surface area (Å²) in [5.74, 6) is -1.18. The molecule has 0 spiro atoms. The molecule has 0 amide bonds. The van der Waals surface area contributed by atoms with Crippen molar-refractivity contribution in [3.05, 3.63) is 100 Å². The minimum absolute atomic E-state index is 0.253. The lowest BCUT2D eigenvalue weighted by Crippen LogP contribution is -2.28. The van der Waals surface area contributed by atoms with E-state index in [4.69, 9.17) is 14.6 Å². The maximum absolute atomic E-state index is 15.6. The number of carbonyl (C=O) groups is 1. The van der Waals surface area contributed by atoms with Crippen LogP contribution < -0.4 is 4.74 Å². The van der Waals surface area contributed by atoms with Gasteiger partial charge < -0.3 is 14.6 Å². The molecule has 0 saturated carbocycles. The zero-order valence-corrected chi connectivity index (χ0v) is 25.3. The van der Waals surface area contributed by atoms with Crippen molar-refractivity contribution in [2.24, 2.45) is 0 Å². The van der Waals surface area contributed by atoms with Gasteiger partial charge in [0.25, 0.3) is 0 Å². The van der Waals surface area contributed by atoms with Crippen molar-refractivity contribution in [2.75, 3.05) is 6.61 Å². The van der Waals surface area contributed by atoms with E-state index in [1.807, 2.05) is 26.1 Å². The van der Waals surface area contributed by atoms with Crippen molar-refractivity contribution in [3.8, 4) is 22.7 Å². The number of benzene rings is 2. The van der Waals surface area contributed by atoms with Gasteiger partial charge in [-0.2, -0.15) is 5.10 Å². The highest BCUT2D eigenvalue weighted by Gasteiger charge is 2.34. The second kappa shape index (κ2) is 11.2. The van der Waals surface area contributed by atoms with Crippen LogP contribution in [0.25, 0.3) is 22.5 Å². The number of aryl methyl sites for hydroxylation is 1. The number of pyridine rings is 1. The summed E-state index contributed by atoms with van der Waals surface area (Å²) in [6.45, 7) is 9.57. The molecule has 5 aromatic rings. The van der Waals surface area contributed by atoms with Crippen molar-refractivity contribution in [1.82, 2.24) is 19.4 Å². The van der Waals surface area contributed by atoms with E-state index >= 15 is 4.39 Å². The molecular formula is C34H34F2N4O4. The molecule has 0 saturated heterocycles. The summed E-state index contributed by atoms with van der Waals surface area (Å²) in [6, 6.07) is 9.56. The normalized spacial score (nSPS) is 14.0. The Labute approximate surface area is 253 Å². The summed E-state index contributed by atoms with van der Waals surface area (Å²) in [6.07, 6.45) is 5.98. The van der Waals surface area contributed by atoms with Crippen molar-refractivity contribution in [3.63, 3.8) is 0 Å². The Kier molecular flexibility index (Phi) is 7.49. The first-order chi connectivity index (χ1) is 20.9. The molecule has 0 aliphatic carbocycles. The molecule has 10 heteroatoms. The van der Waals surface area contributed by atoms with Crippen molar-refractivity contribution in [2.45, 2.75) is 65.6 Å². The summed E-state index contributed by atoms with van der Waals surface area (Å²) in [5.41, 5.74) is 5.40. The number of hydrogen-bond donors (Lipinski definition) is 1. The monoisotopic (exact) mass is 600 g/mol. The summed E-state index contributed by atoms with van der Waals surface area (Å²) in [7, 11) is 0. The molecule has 0 fully saturated rings. The van der Waals surface area contributed by atoms with Gasteiger partial charge in [-0.3, -0.25) is 0 Å². The fourth-order valence-corrected chi connectivity index (χ4v) is 5.91. The molecule has 2 aromatic carbocycles. The van der Waals surface area contributed by atoms with Gasteiger partial charge in [0.15, 0.2) is 23.5 Å². The molecule has 228 valence electrons. The van der Waals surface area contributed by atoms with Crippen molar-refractivity contribution in [1.29, 1.82) is 0 Å². The summed E-state index contributed by atoms with van der Waals surface area (Å²) in [4.78, 5) is 12.8. The highest BCUT2D eigenvalue weighted by atomic mass is 19.1. The average Bonchev–Trinajstić information content (AvgIpc) is 3.61. The van der Waals surface area contributed by atoms with Gasteiger partial charge in [-0.15, -0.1) is 5.10 Å². The van der Waals surface area contributed by atoms with Gasteiger partial charge >= 0.3 is 5.97 Å². The largest absolute Gasteiger partial charge is 0.490 e. The molecular weight excluding hydrogens is 566 g/mol. The van der Waals surface area contributed by atoms with Gasteiger partial charge in [0.2, 0.25) is 0 Å². The Morgan fingerprint density at radius 3 is 2.57 bits per heavy atom. The van der Waals surface area contributed by atoms with Crippen LogP contribution in [-0.4, -0.2) is 42.7 Å². The fraction of sp³-hybridized carbons (Fsp3) is 0.324. The molecule has 3 aromatic heterocycles. The summed E-state index contributed by atoms with van der Waals surface area (Å²) < 4.78 is 44.1. The number of nitrogens with zero attached hydrogens (tertiary/aromatic N) is 4. The lowest BCUT2D eigenvalue weighted by atomic mass is 9.87. The molecule has 4 heterocycles.